The highest BCUT2D eigenvalue weighted by atomic mass is 16.5. The van der Waals surface area contributed by atoms with Gasteiger partial charge in [0.25, 0.3) is 0 Å². The number of hydrogen-bond donors (Lipinski definition) is 1. The zero-order valence-electron chi connectivity index (χ0n) is 13.4. The number of carbonyl (C=O) groups is 1. The molecular formula is C17H17N5O2. The molecular weight excluding hydrogens is 306 g/mol. The minimum Gasteiger partial charge on any atom is -0.496 e. The lowest BCUT2D eigenvalue weighted by Crippen LogP contribution is -2.10. The normalized spacial score (nSPS) is 10.6. The van der Waals surface area contributed by atoms with E-state index in [1.807, 2.05) is 25.1 Å². The van der Waals surface area contributed by atoms with E-state index < -0.39 is 5.91 Å². The summed E-state index contributed by atoms with van der Waals surface area (Å²) in [5, 5.41) is 12.5. The van der Waals surface area contributed by atoms with E-state index in [2.05, 4.69) is 15.4 Å². The number of ether oxygens (including phenoxy) is 1. The molecule has 24 heavy (non-hydrogen) atoms. The van der Waals surface area contributed by atoms with Gasteiger partial charge in [-0.25, -0.2) is 0 Å². The van der Waals surface area contributed by atoms with Crippen molar-refractivity contribution in [2.75, 3.05) is 7.11 Å². The van der Waals surface area contributed by atoms with Crippen LogP contribution in [0.1, 0.15) is 21.5 Å². The van der Waals surface area contributed by atoms with Crippen LogP contribution >= 0.6 is 0 Å². The average molecular weight is 323 g/mol. The Morgan fingerprint density at radius 2 is 1.96 bits per heavy atom. The van der Waals surface area contributed by atoms with Crippen LogP contribution < -0.4 is 10.5 Å². The highest BCUT2D eigenvalue weighted by molar-refractivity contribution is 5.93. The fourth-order valence-corrected chi connectivity index (χ4v) is 2.39. The fraction of sp³-hybridized carbons (Fsp3) is 0.176. The van der Waals surface area contributed by atoms with Crippen molar-refractivity contribution in [1.82, 2.24) is 20.2 Å². The van der Waals surface area contributed by atoms with Crippen LogP contribution in [-0.4, -0.2) is 33.2 Å². The van der Waals surface area contributed by atoms with Crippen molar-refractivity contribution in [3.05, 3.63) is 59.2 Å². The van der Waals surface area contributed by atoms with Gasteiger partial charge in [-0.3, -0.25) is 4.79 Å². The van der Waals surface area contributed by atoms with E-state index in [9.17, 15) is 4.79 Å². The van der Waals surface area contributed by atoms with E-state index in [1.165, 1.54) is 4.80 Å². The molecule has 2 N–H and O–H groups in total. The summed E-state index contributed by atoms with van der Waals surface area (Å²) in [6.07, 6.45) is 0. The molecule has 7 nitrogen and oxygen atoms in total. The van der Waals surface area contributed by atoms with Gasteiger partial charge in [-0.1, -0.05) is 29.8 Å². The van der Waals surface area contributed by atoms with Crippen LogP contribution in [0.15, 0.2) is 42.5 Å². The predicted octanol–water partition coefficient (Wildman–Crippen LogP) is 1.80. The van der Waals surface area contributed by atoms with Crippen LogP contribution in [0.2, 0.25) is 0 Å². The van der Waals surface area contributed by atoms with E-state index in [0.717, 1.165) is 22.4 Å². The Labute approximate surface area is 139 Å². The summed E-state index contributed by atoms with van der Waals surface area (Å²) in [6, 6.07) is 12.7. The van der Waals surface area contributed by atoms with Gasteiger partial charge in [0, 0.05) is 16.7 Å². The first-order valence-electron chi connectivity index (χ1n) is 7.38. The molecule has 7 heteroatoms. The number of aromatic nitrogens is 4. The van der Waals surface area contributed by atoms with Crippen LogP contribution in [0, 0.1) is 6.92 Å². The SMILES string of the molecule is COc1ccc(C)cc1Cn1nnc(-c2ccc(C(N)=O)cc2)n1. The van der Waals surface area contributed by atoms with E-state index in [0.29, 0.717) is 17.9 Å². The van der Waals surface area contributed by atoms with Crippen molar-refractivity contribution in [2.24, 2.45) is 5.73 Å². The fourth-order valence-electron chi connectivity index (χ4n) is 2.39. The molecule has 1 amide bonds. The van der Waals surface area contributed by atoms with Crippen LogP contribution in [-0.2, 0) is 6.54 Å². The van der Waals surface area contributed by atoms with E-state index >= 15 is 0 Å². The van der Waals surface area contributed by atoms with Gasteiger partial charge in [0.2, 0.25) is 11.7 Å². The lowest BCUT2D eigenvalue weighted by molar-refractivity contribution is 0.100. The molecule has 0 unspecified atom stereocenters. The molecule has 0 aliphatic rings. The van der Waals surface area contributed by atoms with Crippen molar-refractivity contribution in [2.45, 2.75) is 13.5 Å². The molecule has 0 spiro atoms. The van der Waals surface area contributed by atoms with Gasteiger partial charge in [0.05, 0.1) is 13.7 Å². The number of nitrogens with two attached hydrogens (primary N) is 1. The Morgan fingerprint density at radius 3 is 2.62 bits per heavy atom. The second-order valence-corrected chi connectivity index (χ2v) is 5.40. The lowest BCUT2D eigenvalue weighted by atomic mass is 10.1. The molecule has 122 valence electrons. The third kappa shape index (κ3) is 3.24. The Hall–Kier alpha value is -3.22. The summed E-state index contributed by atoms with van der Waals surface area (Å²) in [7, 11) is 1.63. The second kappa shape index (κ2) is 6.49. The third-order valence-corrected chi connectivity index (χ3v) is 3.63. The predicted molar refractivity (Wildman–Crippen MR) is 88.6 cm³/mol. The number of benzene rings is 2. The number of amides is 1. The summed E-state index contributed by atoms with van der Waals surface area (Å²) < 4.78 is 5.37. The summed E-state index contributed by atoms with van der Waals surface area (Å²) in [5.74, 6) is 0.799. The molecule has 0 radical (unpaired) electrons. The smallest absolute Gasteiger partial charge is 0.248 e. The Balaban J connectivity index is 1.83. The number of nitrogens with zero attached hydrogens (tertiary/aromatic N) is 4. The average Bonchev–Trinajstić information content (AvgIpc) is 3.04. The maximum Gasteiger partial charge on any atom is 0.248 e. The molecule has 0 saturated carbocycles. The van der Waals surface area contributed by atoms with E-state index in [-0.39, 0.29) is 0 Å². The summed E-state index contributed by atoms with van der Waals surface area (Å²) in [4.78, 5) is 12.6. The Morgan fingerprint density at radius 1 is 1.21 bits per heavy atom. The number of hydrogen-bond acceptors (Lipinski definition) is 5. The van der Waals surface area contributed by atoms with Crippen molar-refractivity contribution >= 4 is 5.91 Å². The van der Waals surface area contributed by atoms with Crippen LogP contribution in [0.3, 0.4) is 0 Å². The van der Waals surface area contributed by atoms with Crippen LogP contribution in [0.5, 0.6) is 5.75 Å². The molecule has 1 aromatic heterocycles. The monoisotopic (exact) mass is 323 g/mol. The lowest BCUT2D eigenvalue weighted by Gasteiger charge is -2.08. The van der Waals surface area contributed by atoms with Crippen molar-refractivity contribution in [3.8, 4) is 17.1 Å². The molecule has 0 aliphatic carbocycles. The Kier molecular flexibility index (Phi) is 4.24. The van der Waals surface area contributed by atoms with Crippen LogP contribution in [0.4, 0.5) is 0 Å². The molecule has 0 bridgehead atoms. The summed E-state index contributed by atoms with van der Waals surface area (Å²) in [5.41, 5.74) is 8.55. The topological polar surface area (TPSA) is 95.9 Å². The van der Waals surface area contributed by atoms with Gasteiger partial charge >= 0.3 is 0 Å². The zero-order chi connectivity index (χ0) is 17.1. The number of primary amides is 1. The van der Waals surface area contributed by atoms with Gasteiger partial charge in [-0.2, -0.15) is 4.80 Å². The molecule has 3 aromatic rings. The highest BCUT2D eigenvalue weighted by Gasteiger charge is 2.10. The second-order valence-electron chi connectivity index (χ2n) is 5.40. The molecule has 0 fully saturated rings. The van der Waals surface area contributed by atoms with Gasteiger partial charge in [0.15, 0.2) is 0 Å². The number of methoxy groups -OCH3 is 1. The van der Waals surface area contributed by atoms with Gasteiger partial charge in [-0.05, 0) is 30.3 Å². The summed E-state index contributed by atoms with van der Waals surface area (Å²) in [6.45, 7) is 2.47. The minimum atomic E-state index is -0.468. The number of tetrazole rings is 1. The van der Waals surface area contributed by atoms with Crippen LogP contribution in [0.25, 0.3) is 11.4 Å². The molecule has 2 aromatic carbocycles. The molecule has 0 saturated heterocycles. The maximum absolute atomic E-state index is 11.1. The van der Waals surface area contributed by atoms with Crippen molar-refractivity contribution in [1.29, 1.82) is 0 Å². The highest BCUT2D eigenvalue weighted by Crippen LogP contribution is 2.21. The van der Waals surface area contributed by atoms with Gasteiger partial charge in [-0.15, -0.1) is 10.2 Å². The standard InChI is InChI=1S/C17H17N5O2/c1-11-3-8-15(24-2)14(9-11)10-22-20-17(19-21-22)13-6-4-12(5-7-13)16(18)23/h3-9H,10H2,1-2H3,(H2,18,23). The van der Waals surface area contributed by atoms with E-state index in [1.54, 1.807) is 31.4 Å². The van der Waals surface area contributed by atoms with Gasteiger partial charge < -0.3 is 10.5 Å². The summed E-state index contributed by atoms with van der Waals surface area (Å²) >= 11 is 0. The Bertz CT molecular complexity index is 871. The number of aryl methyl sites for hydroxylation is 1. The molecule has 0 atom stereocenters. The third-order valence-electron chi connectivity index (χ3n) is 3.63. The quantitative estimate of drug-likeness (QED) is 0.772. The largest absolute Gasteiger partial charge is 0.496 e. The zero-order valence-corrected chi connectivity index (χ0v) is 13.4. The minimum absolute atomic E-state index is 0.440. The first-order valence-corrected chi connectivity index (χ1v) is 7.38. The molecule has 1 heterocycles. The first-order chi connectivity index (χ1) is 11.6. The van der Waals surface area contributed by atoms with E-state index in [4.69, 9.17) is 10.5 Å². The number of carbonyl (C=O) groups excluding carboxylic acids is 1. The number of rotatable bonds is 5. The molecule has 0 aliphatic heterocycles. The molecule has 3 rings (SSSR count). The first kappa shape index (κ1) is 15.7. The maximum atomic E-state index is 11.1. The van der Waals surface area contributed by atoms with Crippen molar-refractivity contribution < 1.29 is 9.53 Å². The van der Waals surface area contributed by atoms with Crippen molar-refractivity contribution in [3.63, 3.8) is 0 Å². The van der Waals surface area contributed by atoms with Gasteiger partial charge in [0.1, 0.15) is 5.75 Å².